The molecule has 7 nitrogen and oxygen atoms in total. The van der Waals surface area contributed by atoms with Crippen molar-refractivity contribution in [2.24, 2.45) is 5.92 Å². The van der Waals surface area contributed by atoms with E-state index >= 15 is 0 Å². The minimum atomic E-state index is -0.497. The second-order valence-corrected chi connectivity index (χ2v) is 8.62. The Hall–Kier alpha value is -3.39. The molecule has 3 aromatic rings. The highest BCUT2D eigenvalue weighted by Gasteiger charge is 2.19. The molecule has 0 bridgehead atoms. The van der Waals surface area contributed by atoms with Gasteiger partial charge in [-0.3, -0.25) is 9.69 Å². The molecule has 0 N–H and O–H groups in total. The van der Waals surface area contributed by atoms with Gasteiger partial charge in [0.2, 0.25) is 5.91 Å². The van der Waals surface area contributed by atoms with E-state index in [9.17, 15) is 9.59 Å². The van der Waals surface area contributed by atoms with Gasteiger partial charge < -0.3 is 14.2 Å². The minimum Gasteiger partial charge on any atom is -0.493 e. The number of thiazole rings is 1. The van der Waals surface area contributed by atoms with E-state index in [2.05, 4.69) is 18.8 Å². The second kappa shape index (κ2) is 11.5. The Labute approximate surface area is 197 Å². The molecule has 0 aliphatic carbocycles. The fraction of sp³-hybridized carbons (Fsp3) is 0.320. The van der Waals surface area contributed by atoms with Crippen molar-refractivity contribution in [3.05, 3.63) is 65.2 Å². The molecule has 0 unspecified atom stereocenters. The highest BCUT2D eigenvalue weighted by molar-refractivity contribution is 7.14. The van der Waals surface area contributed by atoms with E-state index < -0.39 is 5.97 Å². The normalized spacial score (nSPS) is 10.7. The van der Waals surface area contributed by atoms with E-state index in [1.807, 2.05) is 30.3 Å². The van der Waals surface area contributed by atoms with E-state index in [1.54, 1.807) is 23.6 Å². The maximum absolute atomic E-state index is 12.6. The molecule has 0 aliphatic rings. The van der Waals surface area contributed by atoms with Crippen LogP contribution in [0, 0.1) is 5.92 Å². The zero-order valence-electron chi connectivity index (χ0n) is 19.2. The molecule has 0 saturated carbocycles. The zero-order chi connectivity index (χ0) is 23.8. The molecule has 0 fully saturated rings. The number of aromatic nitrogens is 1. The summed E-state index contributed by atoms with van der Waals surface area (Å²) in [6.07, 6.45) is 0.925. The van der Waals surface area contributed by atoms with Gasteiger partial charge in [0.15, 0.2) is 16.6 Å². The van der Waals surface area contributed by atoms with Gasteiger partial charge in [0.1, 0.15) is 6.61 Å². The van der Waals surface area contributed by atoms with Gasteiger partial charge in [0.25, 0.3) is 0 Å². The molecule has 0 spiro atoms. The molecular formula is C25H28N2O5S. The van der Waals surface area contributed by atoms with Gasteiger partial charge in [-0.1, -0.05) is 32.0 Å². The van der Waals surface area contributed by atoms with Crippen molar-refractivity contribution in [3.63, 3.8) is 0 Å². The van der Waals surface area contributed by atoms with Gasteiger partial charge in [-0.25, -0.2) is 9.78 Å². The SMILES string of the molecule is COc1cc(C(=O)OCc2csc(N(C(C)=O)c3ccccc3)n2)ccc1OCCC(C)C. The van der Waals surface area contributed by atoms with Gasteiger partial charge in [0.05, 0.1) is 30.7 Å². The van der Waals surface area contributed by atoms with E-state index in [4.69, 9.17) is 14.2 Å². The fourth-order valence-electron chi connectivity index (χ4n) is 3.01. The smallest absolute Gasteiger partial charge is 0.338 e. The topological polar surface area (TPSA) is 78.0 Å². The summed E-state index contributed by atoms with van der Waals surface area (Å²) in [7, 11) is 1.53. The van der Waals surface area contributed by atoms with E-state index in [0.29, 0.717) is 40.4 Å². The lowest BCUT2D eigenvalue weighted by molar-refractivity contribution is -0.115. The number of para-hydroxylation sites is 1. The number of carbonyl (C=O) groups excluding carboxylic acids is 2. The number of nitrogens with zero attached hydrogens (tertiary/aromatic N) is 2. The van der Waals surface area contributed by atoms with Crippen LogP contribution in [0.25, 0.3) is 0 Å². The Balaban J connectivity index is 1.64. The van der Waals surface area contributed by atoms with Crippen molar-refractivity contribution in [2.45, 2.75) is 33.8 Å². The molecule has 1 aromatic heterocycles. The molecule has 174 valence electrons. The third-order valence-electron chi connectivity index (χ3n) is 4.76. The first-order chi connectivity index (χ1) is 15.9. The van der Waals surface area contributed by atoms with Crippen molar-refractivity contribution in [3.8, 4) is 11.5 Å². The Bertz CT molecular complexity index is 1080. The Morgan fingerprint density at radius 1 is 1.09 bits per heavy atom. The first-order valence-electron chi connectivity index (χ1n) is 10.7. The average Bonchev–Trinajstić information content (AvgIpc) is 3.26. The van der Waals surface area contributed by atoms with E-state index in [0.717, 1.165) is 12.1 Å². The Morgan fingerprint density at radius 3 is 2.52 bits per heavy atom. The number of benzene rings is 2. The first-order valence-corrected chi connectivity index (χ1v) is 11.5. The number of ether oxygens (including phenoxy) is 3. The summed E-state index contributed by atoms with van der Waals surface area (Å²) in [6, 6.07) is 14.2. The van der Waals surface area contributed by atoms with Crippen LogP contribution in [0.4, 0.5) is 10.8 Å². The van der Waals surface area contributed by atoms with Gasteiger partial charge in [-0.15, -0.1) is 11.3 Å². The number of rotatable bonds is 10. The van der Waals surface area contributed by atoms with Crippen LogP contribution in [-0.2, 0) is 16.1 Å². The number of methoxy groups -OCH3 is 1. The molecule has 0 aliphatic heterocycles. The Kier molecular flexibility index (Phi) is 8.43. The molecule has 1 heterocycles. The first kappa shape index (κ1) is 24.3. The Morgan fingerprint density at radius 2 is 1.85 bits per heavy atom. The van der Waals surface area contributed by atoms with Gasteiger partial charge >= 0.3 is 5.97 Å². The van der Waals surface area contributed by atoms with Crippen LogP contribution in [-0.4, -0.2) is 30.6 Å². The van der Waals surface area contributed by atoms with Crippen molar-refractivity contribution >= 4 is 34.0 Å². The maximum Gasteiger partial charge on any atom is 0.338 e. The van der Waals surface area contributed by atoms with Crippen molar-refractivity contribution in [2.75, 3.05) is 18.6 Å². The standard InChI is InChI=1S/C25H28N2O5S/c1-17(2)12-13-31-22-11-10-19(14-23(22)30-4)24(29)32-15-20-16-33-25(26-20)27(18(3)28)21-8-6-5-7-9-21/h5-11,14,16-17H,12-13,15H2,1-4H3. The number of esters is 1. The third-order valence-corrected chi connectivity index (χ3v) is 5.64. The second-order valence-electron chi connectivity index (χ2n) is 7.78. The molecule has 1 amide bonds. The van der Waals surface area contributed by atoms with Crippen molar-refractivity contribution < 1.29 is 23.8 Å². The van der Waals surface area contributed by atoms with E-state index in [-0.39, 0.29) is 12.5 Å². The summed E-state index contributed by atoms with van der Waals surface area (Å²) < 4.78 is 16.6. The highest BCUT2D eigenvalue weighted by atomic mass is 32.1. The average molecular weight is 469 g/mol. The van der Waals surface area contributed by atoms with Crippen LogP contribution in [0.3, 0.4) is 0 Å². The minimum absolute atomic E-state index is 0.00910. The number of amides is 1. The third kappa shape index (κ3) is 6.55. The number of carbonyl (C=O) groups is 2. The van der Waals surface area contributed by atoms with E-state index in [1.165, 1.54) is 30.3 Å². The van der Waals surface area contributed by atoms with Crippen LogP contribution >= 0.6 is 11.3 Å². The summed E-state index contributed by atoms with van der Waals surface area (Å²) in [5, 5.41) is 2.29. The molecule has 0 atom stereocenters. The quantitative estimate of drug-likeness (QED) is 0.360. The lowest BCUT2D eigenvalue weighted by Crippen LogP contribution is -2.22. The molecule has 3 rings (SSSR count). The molecular weight excluding hydrogens is 440 g/mol. The van der Waals surface area contributed by atoms with Gasteiger partial charge in [-0.2, -0.15) is 0 Å². The monoisotopic (exact) mass is 468 g/mol. The predicted octanol–water partition coefficient (Wildman–Crippen LogP) is 5.62. The van der Waals surface area contributed by atoms with Crippen LogP contribution < -0.4 is 14.4 Å². The van der Waals surface area contributed by atoms with Crippen LogP contribution in [0.5, 0.6) is 11.5 Å². The summed E-state index contributed by atoms with van der Waals surface area (Å²) in [6.45, 7) is 6.31. The zero-order valence-corrected chi connectivity index (χ0v) is 20.1. The predicted molar refractivity (Wildman–Crippen MR) is 128 cm³/mol. The number of anilines is 2. The largest absolute Gasteiger partial charge is 0.493 e. The summed E-state index contributed by atoms with van der Waals surface area (Å²) in [4.78, 5) is 30.7. The molecule has 0 radical (unpaired) electrons. The molecule has 33 heavy (non-hydrogen) atoms. The lowest BCUT2D eigenvalue weighted by atomic mass is 10.1. The van der Waals surface area contributed by atoms with Gasteiger partial charge in [-0.05, 0) is 42.7 Å². The van der Waals surface area contributed by atoms with Crippen molar-refractivity contribution in [1.82, 2.24) is 4.98 Å². The maximum atomic E-state index is 12.6. The molecule has 8 heteroatoms. The number of hydrogen-bond donors (Lipinski definition) is 0. The highest BCUT2D eigenvalue weighted by Crippen LogP contribution is 2.30. The molecule has 2 aromatic carbocycles. The van der Waals surface area contributed by atoms with Crippen LogP contribution in [0.15, 0.2) is 53.9 Å². The summed E-state index contributed by atoms with van der Waals surface area (Å²) in [5.74, 6) is 0.949. The molecule has 0 saturated heterocycles. The lowest BCUT2D eigenvalue weighted by Gasteiger charge is -2.17. The fourth-order valence-corrected chi connectivity index (χ4v) is 3.88. The van der Waals surface area contributed by atoms with Gasteiger partial charge in [0, 0.05) is 12.3 Å². The number of hydrogen-bond acceptors (Lipinski definition) is 7. The summed E-state index contributed by atoms with van der Waals surface area (Å²) >= 11 is 1.31. The van der Waals surface area contributed by atoms with Crippen LogP contribution in [0.2, 0.25) is 0 Å². The summed E-state index contributed by atoms with van der Waals surface area (Å²) in [5.41, 5.74) is 1.64. The van der Waals surface area contributed by atoms with Crippen molar-refractivity contribution in [1.29, 1.82) is 0 Å². The van der Waals surface area contributed by atoms with Crippen LogP contribution in [0.1, 0.15) is 43.2 Å².